The predicted octanol–water partition coefficient (Wildman–Crippen LogP) is 0.576. The van der Waals surface area contributed by atoms with E-state index >= 15 is 0 Å². The zero-order valence-corrected chi connectivity index (χ0v) is 23.6. The Labute approximate surface area is 234 Å². The van der Waals surface area contributed by atoms with Crippen molar-refractivity contribution in [2.75, 3.05) is 6.54 Å². The molecule has 0 spiro atoms. The number of imide groups is 1. The lowest BCUT2D eigenvalue weighted by molar-refractivity contribution is -0.865. The summed E-state index contributed by atoms with van der Waals surface area (Å²) >= 11 is 0. The second-order valence-electron chi connectivity index (χ2n) is 11.1. The first-order valence-electron chi connectivity index (χ1n) is 13.6. The van der Waals surface area contributed by atoms with E-state index in [0.29, 0.717) is 24.8 Å². The number of amides is 3. The molecule has 12 nitrogen and oxygen atoms in total. The minimum atomic E-state index is -1.67. The summed E-state index contributed by atoms with van der Waals surface area (Å²) < 4.78 is -1.16. The van der Waals surface area contributed by atoms with E-state index in [1.54, 1.807) is 32.9 Å². The van der Waals surface area contributed by atoms with Crippen LogP contribution in [0.4, 0.5) is 0 Å². The largest absolute Gasteiger partial charge is 0.508 e. The quantitative estimate of drug-likeness (QED) is 0.146. The molecule has 1 saturated heterocycles. The van der Waals surface area contributed by atoms with Crippen LogP contribution < -0.4 is 16.4 Å². The van der Waals surface area contributed by atoms with Crippen LogP contribution in [0.15, 0.2) is 24.3 Å². The van der Waals surface area contributed by atoms with Crippen molar-refractivity contribution in [2.45, 2.75) is 96.1 Å². The topological polar surface area (TPSA) is 196 Å². The van der Waals surface area contributed by atoms with E-state index in [9.17, 15) is 39.3 Å². The van der Waals surface area contributed by atoms with E-state index in [-0.39, 0.29) is 18.6 Å². The van der Waals surface area contributed by atoms with Gasteiger partial charge in [0, 0.05) is 19.9 Å². The van der Waals surface area contributed by atoms with E-state index in [1.165, 1.54) is 19.1 Å². The van der Waals surface area contributed by atoms with Crippen LogP contribution in [-0.4, -0.2) is 86.2 Å². The van der Waals surface area contributed by atoms with Gasteiger partial charge in [0.05, 0.1) is 18.9 Å². The Kier molecular flexibility index (Phi) is 11.5. The Bertz CT molecular complexity index is 1070. The molecular formula is C28H43N4O8+. The molecule has 3 amide bonds. The number of aliphatic hydroxyl groups excluding tert-OH is 1. The Hall–Kier alpha value is -3.19. The van der Waals surface area contributed by atoms with E-state index in [0.717, 1.165) is 6.42 Å². The summed E-state index contributed by atoms with van der Waals surface area (Å²) in [6.45, 7) is 6.58. The molecule has 0 aromatic heterocycles. The third-order valence-electron chi connectivity index (χ3n) is 7.71. The zero-order valence-electron chi connectivity index (χ0n) is 23.6. The molecule has 7 N–H and O–H groups in total. The lowest BCUT2D eigenvalue weighted by atomic mass is 9.86. The lowest BCUT2D eigenvalue weighted by Crippen LogP contribution is -2.82. The van der Waals surface area contributed by atoms with Gasteiger partial charge in [-0.15, -0.1) is 0 Å². The van der Waals surface area contributed by atoms with Gasteiger partial charge >= 0.3 is 17.8 Å². The number of carboxylic acid groups (broad SMARTS) is 1. The van der Waals surface area contributed by atoms with Gasteiger partial charge in [0.25, 0.3) is 0 Å². The maximum Gasteiger partial charge on any atom is 0.351 e. The van der Waals surface area contributed by atoms with Crippen LogP contribution in [0.1, 0.15) is 65.4 Å². The minimum absolute atomic E-state index is 0.0557. The van der Waals surface area contributed by atoms with E-state index in [4.69, 9.17) is 5.73 Å². The molecule has 2 unspecified atom stereocenters. The molecule has 12 heteroatoms. The summed E-state index contributed by atoms with van der Waals surface area (Å²) in [6.07, 6.45) is -0.595. The summed E-state index contributed by atoms with van der Waals surface area (Å²) in [5.74, 6) is -4.28. The lowest BCUT2D eigenvalue weighted by Gasteiger charge is -2.54. The number of nitrogens with two attached hydrogens (primary N) is 1. The van der Waals surface area contributed by atoms with Gasteiger partial charge in [0.1, 0.15) is 24.1 Å². The number of phenols is 1. The van der Waals surface area contributed by atoms with Crippen LogP contribution in [0.25, 0.3) is 0 Å². The van der Waals surface area contributed by atoms with Gasteiger partial charge in [-0.05, 0) is 49.8 Å². The number of nitrogens with zero attached hydrogens (tertiary/aromatic N) is 1. The Morgan fingerprint density at radius 2 is 1.75 bits per heavy atom. The maximum absolute atomic E-state index is 14.7. The number of benzene rings is 1. The van der Waals surface area contributed by atoms with Crippen molar-refractivity contribution in [3.8, 4) is 5.75 Å². The number of aliphatic hydroxyl groups is 1. The van der Waals surface area contributed by atoms with Gasteiger partial charge in [-0.1, -0.05) is 26.0 Å². The maximum atomic E-state index is 14.7. The first kappa shape index (κ1) is 33.0. The standard InChI is InChI=1S/C28H42N4O8/c1-17(2)24(31-25(38)22(29)15-19-7-9-21(35)10-8-19)27(40)32(26(39)18(3)34,20(11-14-33)16-23(36)37)28(4)12-5-6-13-30-28/h7-10,14,17-18,20,22,24,30,34H,5-6,11-13,15-16,29H2,1-4H3,(H2-,31,35,36,37,38)/p+1/t18?,20-,22+,24+,28+,32?/m1/s1. The van der Waals surface area contributed by atoms with Crippen molar-refractivity contribution in [3.63, 3.8) is 0 Å². The number of carboxylic acids is 1. The first-order chi connectivity index (χ1) is 18.7. The number of rotatable bonds is 13. The van der Waals surface area contributed by atoms with Gasteiger partial charge in [0.15, 0.2) is 11.8 Å². The van der Waals surface area contributed by atoms with Crippen LogP contribution in [-0.2, 0) is 30.4 Å². The number of carbonyl (C=O) groups excluding carboxylic acids is 4. The molecular weight excluding hydrogens is 520 g/mol. The summed E-state index contributed by atoms with van der Waals surface area (Å²) in [6, 6.07) is 2.42. The average molecular weight is 564 g/mol. The third kappa shape index (κ3) is 7.11. The molecule has 40 heavy (non-hydrogen) atoms. The van der Waals surface area contributed by atoms with Crippen LogP contribution in [0.2, 0.25) is 0 Å². The highest BCUT2D eigenvalue weighted by atomic mass is 16.4. The molecule has 1 heterocycles. The number of quaternary nitrogens is 1. The van der Waals surface area contributed by atoms with Crippen LogP contribution >= 0.6 is 0 Å². The van der Waals surface area contributed by atoms with Gasteiger partial charge in [-0.25, -0.2) is 9.59 Å². The van der Waals surface area contributed by atoms with Crippen molar-refractivity contribution in [1.29, 1.82) is 0 Å². The molecule has 1 aliphatic heterocycles. The number of carbonyl (C=O) groups is 5. The van der Waals surface area contributed by atoms with Crippen LogP contribution in [0, 0.1) is 5.92 Å². The van der Waals surface area contributed by atoms with Crippen molar-refractivity contribution < 1.29 is 43.8 Å². The number of nitrogens with one attached hydrogen (secondary N) is 2. The number of aliphatic carboxylic acids is 1. The Morgan fingerprint density at radius 1 is 1.12 bits per heavy atom. The number of piperidine rings is 1. The fourth-order valence-corrected chi connectivity index (χ4v) is 5.66. The fourth-order valence-electron chi connectivity index (χ4n) is 5.66. The highest BCUT2D eigenvalue weighted by Gasteiger charge is 2.65. The number of aldehydes is 1. The molecule has 0 bridgehead atoms. The van der Waals surface area contributed by atoms with Gasteiger partial charge in [-0.3, -0.25) is 14.9 Å². The van der Waals surface area contributed by atoms with Gasteiger partial charge in [-0.2, -0.15) is 4.48 Å². The van der Waals surface area contributed by atoms with Crippen molar-refractivity contribution >= 4 is 30.0 Å². The molecule has 0 saturated carbocycles. The molecule has 0 radical (unpaired) electrons. The monoisotopic (exact) mass is 563 g/mol. The van der Waals surface area contributed by atoms with Gasteiger partial charge in [0.2, 0.25) is 5.91 Å². The van der Waals surface area contributed by atoms with Crippen molar-refractivity contribution in [1.82, 2.24) is 10.6 Å². The summed E-state index contributed by atoms with van der Waals surface area (Å²) in [5, 5.41) is 35.7. The number of hydrogen-bond acceptors (Lipinski definition) is 9. The molecule has 1 fully saturated rings. The van der Waals surface area contributed by atoms with Crippen LogP contribution in [0.5, 0.6) is 5.75 Å². The average Bonchev–Trinajstić information content (AvgIpc) is 2.88. The Balaban J connectivity index is 2.63. The summed E-state index contributed by atoms with van der Waals surface area (Å²) in [7, 11) is 0. The summed E-state index contributed by atoms with van der Waals surface area (Å²) in [5.41, 5.74) is 5.47. The highest BCUT2D eigenvalue weighted by Crippen LogP contribution is 2.39. The molecule has 1 aromatic rings. The van der Waals surface area contributed by atoms with Gasteiger partial charge < -0.3 is 31.2 Å². The van der Waals surface area contributed by atoms with Crippen molar-refractivity contribution in [3.05, 3.63) is 29.8 Å². The predicted molar refractivity (Wildman–Crippen MR) is 145 cm³/mol. The summed E-state index contributed by atoms with van der Waals surface area (Å²) in [4.78, 5) is 65.8. The van der Waals surface area contributed by atoms with E-state index in [2.05, 4.69) is 10.6 Å². The molecule has 1 aliphatic rings. The first-order valence-corrected chi connectivity index (χ1v) is 13.6. The molecule has 0 aliphatic carbocycles. The smallest absolute Gasteiger partial charge is 0.351 e. The second-order valence-corrected chi connectivity index (χ2v) is 11.1. The molecule has 2 rings (SSSR count). The second kappa shape index (κ2) is 13.9. The number of hydrogen-bond donors (Lipinski definition) is 6. The van der Waals surface area contributed by atoms with E-state index < -0.39 is 76.8 Å². The van der Waals surface area contributed by atoms with Crippen molar-refractivity contribution in [2.24, 2.45) is 11.7 Å². The molecule has 6 atom stereocenters. The number of aromatic hydroxyl groups is 1. The highest BCUT2D eigenvalue weighted by molar-refractivity contribution is 5.94. The molecule has 222 valence electrons. The Morgan fingerprint density at radius 3 is 2.23 bits per heavy atom. The fraction of sp³-hybridized carbons (Fsp3) is 0.607. The SMILES string of the molecule is CC(O)C(=O)[N+](C(=O)[C@@H](NC(=O)[C@@H](N)Cc1ccc(O)cc1)C(C)C)([C@H](CC=O)CC(=O)O)[C@@]1(C)CCCCN1. The third-order valence-corrected chi connectivity index (χ3v) is 7.71. The minimum Gasteiger partial charge on any atom is -0.508 e. The van der Waals surface area contributed by atoms with Crippen LogP contribution in [0.3, 0.4) is 0 Å². The normalized spacial score (nSPS) is 21.9. The molecule has 1 aromatic carbocycles. The van der Waals surface area contributed by atoms with E-state index in [1.807, 2.05) is 0 Å². The zero-order chi connectivity index (χ0) is 30.3. The number of phenolic OH excluding ortho intramolecular Hbond substituents is 1.